The molecule has 0 rings (SSSR count). The Balaban J connectivity index is 2.90. The highest BCUT2D eigenvalue weighted by Crippen LogP contribution is 1.92. The van der Waals surface area contributed by atoms with Crippen molar-refractivity contribution in [3.8, 4) is 11.2 Å². The summed E-state index contributed by atoms with van der Waals surface area (Å²) in [6.07, 6.45) is 5.56. The van der Waals surface area contributed by atoms with Crippen molar-refractivity contribution >= 4 is 11.8 Å². The summed E-state index contributed by atoms with van der Waals surface area (Å²) in [5.74, 6) is 3.05. The van der Waals surface area contributed by atoms with Crippen LogP contribution in [0.3, 0.4) is 0 Å². The van der Waals surface area contributed by atoms with Crippen molar-refractivity contribution in [1.29, 1.82) is 0 Å². The second-order valence-electron chi connectivity index (χ2n) is 1.59. The van der Waals surface area contributed by atoms with E-state index in [4.69, 9.17) is 0 Å². The summed E-state index contributed by atoms with van der Waals surface area (Å²) in [6, 6.07) is 0. The first kappa shape index (κ1) is 7.91. The predicted octanol–water partition coefficient (Wildman–Crippen LogP) is 2.50. The summed E-state index contributed by atoms with van der Waals surface area (Å²) in [5, 5.41) is 2.95. The van der Waals surface area contributed by atoms with E-state index in [0.29, 0.717) is 0 Å². The topological polar surface area (TPSA) is 0 Å². The van der Waals surface area contributed by atoms with E-state index in [2.05, 4.69) is 18.1 Å². The van der Waals surface area contributed by atoms with Crippen LogP contribution in [0.15, 0.2) is 0 Å². The van der Waals surface area contributed by atoms with Crippen LogP contribution in [0.5, 0.6) is 0 Å². The summed E-state index contributed by atoms with van der Waals surface area (Å²) < 4.78 is 0. The van der Waals surface area contributed by atoms with Gasteiger partial charge in [-0.1, -0.05) is 31.0 Å². The van der Waals surface area contributed by atoms with E-state index in [1.54, 1.807) is 11.8 Å². The standard InChI is InChI=1S/C7H12S/c1-3-4-5-6-7-8-2/h3-5H2,1-2H3. The third kappa shape index (κ3) is 5.91. The minimum absolute atomic E-state index is 1.07. The van der Waals surface area contributed by atoms with Crippen molar-refractivity contribution in [3.05, 3.63) is 0 Å². The molecule has 0 bridgehead atoms. The van der Waals surface area contributed by atoms with Gasteiger partial charge >= 0.3 is 0 Å². The number of hydrogen-bond donors (Lipinski definition) is 0. The Morgan fingerprint density at radius 2 is 2.25 bits per heavy atom. The van der Waals surface area contributed by atoms with Gasteiger partial charge in [-0.3, -0.25) is 0 Å². The van der Waals surface area contributed by atoms with E-state index < -0.39 is 0 Å². The Hall–Kier alpha value is -0.0900. The van der Waals surface area contributed by atoms with Crippen LogP contribution in [0.1, 0.15) is 26.2 Å². The highest BCUT2D eigenvalue weighted by molar-refractivity contribution is 8.03. The van der Waals surface area contributed by atoms with Crippen LogP contribution in [0.25, 0.3) is 0 Å². The summed E-state index contributed by atoms with van der Waals surface area (Å²) in [4.78, 5) is 0. The zero-order valence-electron chi connectivity index (χ0n) is 5.53. The Labute approximate surface area is 56.1 Å². The lowest BCUT2D eigenvalue weighted by Gasteiger charge is -1.81. The molecule has 0 N–H and O–H groups in total. The van der Waals surface area contributed by atoms with Gasteiger partial charge in [0.25, 0.3) is 0 Å². The Bertz CT molecular complexity index is 86.3. The number of hydrogen-bond acceptors (Lipinski definition) is 1. The first-order valence-electron chi connectivity index (χ1n) is 2.92. The lowest BCUT2D eigenvalue weighted by Crippen LogP contribution is -1.64. The first-order chi connectivity index (χ1) is 3.91. The van der Waals surface area contributed by atoms with Gasteiger partial charge in [0, 0.05) is 6.42 Å². The molecule has 0 aromatic carbocycles. The largest absolute Gasteiger partial charge is 0.0913 e. The van der Waals surface area contributed by atoms with Crippen LogP contribution < -0.4 is 0 Å². The Morgan fingerprint density at radius 3 is 2.75 bits per heavy atom. The molecule has 0 radical (unpaired) electrons. The van der Waals surface area contributed by atoms with Crippen LogP contribution in [0.2, 0.25) is 0 Å². The summed E-state index contributed by atoms with van der Waals surface area (Å²) in [5.41, 5.74) is 0. The average molecular weight is 128 g/mol. The molecule has 0 aliphatic rings. The molecule has 46 valence electrons. The van der Waals surface area contributed by atoms with Crippen molar-refractivity contribution in [3.63, 3.8) is 0 Å². The minimum atomic E-state index is 1.07. The molecule has 0 aromatic rings. The van der Waals surface area contributed by atoms with E-state index in [-0.39, 0.29) is 0 Å². The lowest BCUT2D eigenvalue weighted by molar-refractivity contribution is 0.828. The zero-order chi connectivity index (χ0) is 6.24. The quantitative estimate of drug-likeness (QED) is 0.407. The van der Waals surface area contributed by atoms with Crippen molar-refractivity contribution in [2.45, 2.75) is 26.2 Å². The third-order valence-electron chi connectivity index (χ3n) is 0.830. The molecular formula is C7H12S. The molecule has 0 saturated heterocycles. The van der Waals surface area contributed by atoms with Gasteiger partial charge in [0.15, 0.2) is 0 Å². The fourth-order valence-corrected chi connectivity index (χ4v) is 0.635. The van der Waals surface area contributed by atoms with Crippen molar-refractivity contribution < 1.29 is 0 Å². The number of rotatable bonds is 2. The highest BCUT2D eigenvalue weighted by Gasteiger charge is 1.73. The number of unbranched alkanes of at least 4 members (excludes halogenated alkanes) is 2. The van der Waals surface area contributed by atoms with Crippen molar-refractivity contribution in [2.75, 3.05) is 6.26 Å². The molecule has 0 heterocycles. The van der Waals surface area contributed by atoms with E-state index in [9.17, 15) is 0 Å². The summed E-state index contributed by atoms with van der Waals surface area (Å²) >= 11 is 1.59. The maximum atomic E-state index is 3.05. The second kappa shape index (κ2) is 6.91. The molecule has 0 aromatic heterocycles. The molecule has 0 unspecified atom stereocenters. The van der Waals surface area contributed by atoms with Crippen molar-refractivity contribution in [1.82, 2.24) is 0 Å². The molecule has 0 fully saturated rings. The van der Waals surface area contributed by atoms with Gasteiger partial charge in [-0.05, 0) is 17.9 Å². The van der Waals surface area contributed by atoms with E-state index >= 15 is 0 Å². The fourth-order valence-electron chi connectivity index (χ4n) is 0.388. The molecule has 0 amide bonds. The Morgan fingerprint density at radius 1 is 1.50 bits per heavy atom. The van der Waals surface area contributed by atoms with Gasteiger partial charge in [0.2, 0.25) is 0 Å². The minimum Gasteiger partial charge on any atom is -0.0913 e. The lowest BCUT2D eigenvalue weighted by atomic mass is 10.3. The number of thioether (sulfide) groups is 1. The molecule has 0 atom stereocenters. The smallest absolute Gasteiger partial charge is 0.00975 e. The van der Waals surface area contributed by atoms with E-state index in [1.165, 1.54) is 12.8 Å². The maximum absolute atomic E-state index is 3.05. The van der Waals surface area contributed by atoms with E-state index in [1.807, 2.05) is 6.26 Å². The van der Waals surface area contributed by atoms with Gasteiger partial charge in [0.1, 0.15) is 0 Å². The van der Waals surface area contributed by atoms with Gasteiger partial charge < -0.3 is 0 Å². The average Bonchev–Trinajstić information content (AvgIpc) is 1.81. The second-order valence-corrected chi connectivity index (χ2v) is 2.20. The van der Waals surface area contributed by atoms with Crippen LogP contribution in [-0.2, 0) is 0 Å². The Kier molecular flexibility index (Phi) is 6.83. The van der Waals surface area contributed by atoms with E-state index in [0.717, 1.165) is 6.42 Å². The predicted molar refractivity (Wildman–Crippen MR) is 40.8 cm³/mol. The first-order valence-corrected chi connectivity index (χ1v) is 4.15. The summed E-state index contributed by atoms with van der Waals surface area (Å²) in [6.45, 7) is 2.18. The fraction of sp³-hybridized carbons (Fsp3) is 0.714. The molecule has 1 heteroatoms. The van der Waals surface area contributed by atoms with Gasteiger partial charge in [0.05, 0.1) is 0 Å². The van der Waals surface area contributed by atoms with Crippen LogP contribution in [0, 0.1) is 11.2 Å². The van der Waals surface area contributed by atoms with Crippen LogP contribution >= 0.6 is 11.8 Å². The molecule has 8 heavy (non-hydrogen) atoms. The van der Waals surface area contributed by atoms with Crippen LogP contribution in [0.4, 0.5) is 0 Å². The maximum Gasteiger partial charge on any atom is 0.00975 e. The van der Waals surface area contributed by atoms with Gasteiger partial charge in [-0.25, -0.2) is 0 Å². The SMILES string of the molecule is CCCCC#CSC. The molecule has 0 saturated carbocycles. The molecule has 0 spiro atoms. The normalized spacial score (nSPS) is 7.75. The zero-order valence-corrected chi connectivity index (χ0v) is 6.35. The molecule has 0 nitrogen and oxygen atoms in total. The highest BCUT2D eigenvalue weighted by atomic mass is 32.2. The van der Waals surface area contributed by atoms with Gasteiger partial charge in [-0.15, -0.1) is 0 Å². The van der Waals surface area contributed by atoms with Crippen LogP contribution in [-0.4, -0.2) is 6.26 Å². The molecule has 0 aliphatic heterocycles. The van der Waals surface area contributed by atoms with Crippen molar-refractivity contribution in [2.24, 2.45) is 0 Å². The third-order valence-corrected chi connectivity index (χ3v) is 1.18. The monoisotopic (exact) mass is 128 g/mol. The van der Waals surface area contributed by atoms with Gasteiger partial charge in [-0.2, -0.15) is 0 Å². The molecule has 0 aliphatic carbocycles. The molecular weight excluding hydrogens is 116 g/mol. The summed E-state index contributed by atoms with van der Waals surface area (Å²) in [7, 11) is 0.